The Morgan fingerprint density at radius 1 is 1.40 bits per heavy atom. The topological polar surface area (TPSA) is 57.6 Å². The van der Waals surface area contributed by atoms with Gasteiger partial charge in [0.25, 0.3) is 0 Å². The van der Waals surface area contributed by atoms with Crippen molar-refractivity contribution in [2.24, 2.45) is 5.92 Å². The Morgan fingerprint density at radius 3 is 2.55 bits per heavy atom. The van der Waals surface area contributed by atoms with Gasteiger partial charge in [0, 0.05) is 17.6 Å². The first-order valence-electron chi connectivity index (χ1n) is 6.80. The zero-order valence-corrected chi connectivity index (χ0v) is 14.2. The Bertz CT molecular complexity index is 597. The second kappa shape index (κ2) is 6.13. The number of aliphatic hydroxyl groups is 1. The summed E-state index contributed by atoms with van der Waals surface area (Å²) in [5.41, 5.74) is 1.43. The molecule has 0 aliphatic heterocycles. The maximum absolute atomic E-state index is 12.8. The van der Waals surface area contributed by atoms with Crippen molar-refractivity contribution in [2.45, 2.75) is 38.2 Å². The molecule has 112 valence electrons. The molecule has 4 nitrogen and oxygen atoms in total. The summed E-state index contributed by atoms with van der Waals surface area (Å²) in [7, 11) is -3.52. The minimum Gasteiger partial charge on any atom is -0.392 e. The van der Waals surface area contributed by atoms with Gasteiger partial charge < -0.3 is 5.11 Å². The predicted octanol–water partition coefficient (Wildman–Crippen LogP) is 2.67. The van der Waals surface area contributed by atoms with Crippen molar-refractivity contribution in [1.82, 2.24) is 4.31 Å². The Kier molecular flexibility index (Phi) is 4.89. The standard InChI is InChI=1S/C14H20BrNO3S/c1-3-16(8-11-4-5-11)20(18,19)13-7-12(9-17)6-10(2)14(13)15/h6-7,11,17H,3-5,8-9H2,1-2H3. The highest BCUT2D eigenvalue weighted by molar-refractivity contribution is 9.10. The molecule has 0 aromatic heterocycles. The first-order chi connectivity index (χ1) is 9.40. The normalized spacial score (nSPS) is 15.8. The first-order valence-corrected chi connectivity index (χ1v) is 9.03. The second-order valence-corrected chi connectivity index (χ2v) is 7.98. The summed E-state index contributed by atoms with van der Waals surface area (Å²) in [5, 5.41) is 9.27. The Morgan fingerprint density at radius 2 is 2.05 bits per heavy atom. The van der Waals surface area contributed by atoms with Crippen LogP contribution in [0.25, 0.3) is 0 Å². The van der Waals surface area contributed by atoms with Gasteiger partial charge in [0.2, 0.25) is 10.0 Å². The molecule has 1 aliphatic carbocycles. The highest BCUT2D eigenvalue weighted by Crippen LogP contribution is 2.34. The predicted molar refractivity (Wildman–Crippen MR) is 82.0 cm³/mol. The lowest BCUT2D eigenvalue weighted by molar-refractivity contribution is 0.281. The molecule has 1 aromatic rings. The molecular formula is C14H20BrNO3S. The van der Waals surface area contributed by atoms with Crippen LogP contribution < -0.4 is 0 Å². The van der Waals surface area contributed by atoms with Gasteiger partial charge in [-0.1, -0.05) is 13.0 Å². The van der Waals surface area contributed by atoms with Crippen LogP contribution in [0.15, 0.2) is 21.5 Å². The second-order valence-electron chi connectivity index (χ2n) is 5.28. The molecule has 1 saturated carbocycles. The van der Waals surface area contributed by atoms with Crippen LogP contribution in [-0.4, -0.2) is 30.9 Å². The average molecular weight is 362 g/mol. The number of hydrogen-bond acceptors (Lipinski definition) is 3. The molecule has 2 rings (SSSR count). The highest BCUT2D eigenvalue weighted by Gasteiger charge is 2.32. The molecule has 0 spiro atoms. The van der Waals surface area contributed by atoms with Crippen LogP contribution >= 0.6 is 15.9 Å². The SMILES string of the molecule is CCN(CC1CC1)S(=O)(=O)c1cc(CO)cc(C)c1Br. The van der Waals surface area contributed by atoms with Gasteiger partial charge in [-0.25, -0.2) is 8.42 Å². The van der Waals surface area contributed by atoms with E-state index in [1.807, 2.05) is 13.8 Å². The molecule has 6 heteroatoms. The number of aliphatic hydroxyl groups excluding tert-OH is 1. The third-order valence-electron chi connectivity index (χ3n) is 3.59. The summed E-state index contributed by atoms with van der Waals surface area (Å²) in [4.78, 5) is 0.254. The van der Waals surface area contributed by atoms with Crippen molar-refractivity contribution in [1.29, 1.82) is 0 Å². The number of halogens is 1. The molecule has 1 fully saturated rings. The zero-order chi connectivity index (χ0) is 14.9. The summed E-state index contributed by atoms with van der Waals surface area (Å²) < 4.78 is 27.7. The van der Waals surface area contributed by atoms with Crippen LogP contribution in [0, 0.1) is 12.8 Å². The number of benzene rings is 1. The van der Waals surface area contributed by atoms with E-state index < -0.39 is 10.0 Å². The molecule has 20 heavy (non-hydrogen) atoms. The van der Waals surface area contributed by atoms with E-state index >= 15 is 0 Å². The monoisotopic (exact) mass is 361 g/mol. The van der Waals surface area contributed by atoms with Gasteiger partial charge in [0.15, 0.2) is 0 Å². The largest absolute Gasteiger partial charge is 0.392 e. The lowest BCUT2D eigenvalue weighted by Crippen LogP contribution is -2.33. The molecular weight excluding hydrogens is 342 g/mol. The fourth-order valence-electron chi connectivity index (χ4n) is 2.21. The fraction of sp³-hybridized carbons (Fsp3) is 0.571. The smallest absolute Gasteiger partial charge is 0.244 e. The molecule has 0 saturated heterocycles. The van der Waals surface area contributed by atoms with Crippen molar-refractivity contribution >= 4 is 26.0 Å². The fourth-order valence-corrected chi connectivity index (χ4v) is 4.77. The molecule has 1 aliphatic rings. The number of hydrogen-bond donors (Lipinski definition) is 1. The summed E-state index contributed by atoms with van der Waals surface area (Å²) in [6.45, 7) is 4.59. The Balaban J connectivity index is 2.43. The molecule has 0 unspecified atom stereocenters. The van der Waals surface area contributed by atoms with Crippen molar-refractivity contribution in [2.75, 3.05) is 13.1 Å². The van der Waals surface area contributed by atoms with E-state index in [4.69, 9.17) is 0 Å². The van der Waals surface area contributed by atoms with Gasteiger partial charge >= 0.3 is 0 Å². The van der Waals surface area contributed by atoms with E-state index in [0.717, 1.165) is 18.4 Å². The van der Waals surface area contributed by atoms with E-state index in [1.165, 1.54) is 4.31 Å². The van der Waals surface area contributed by atoms with Gasteiger partial charge in [0.1, 0.15) is 0 Å². The van der Waals surface area contributed by atoms with Crippen LogP contribution in [0.1, 0.15) is 30.9 Å². The maximum Gasteiger partial charge on any atom is 0.244 e. The van der Waals surface area contributed by atoms with E-state index in [1.54, 1.807) is 12.1 Å². The molecule has 0 heterocycles. The van der Waals surface area contributed by atoms with E-state index in [-0.39, 0.29) is 11.5 Å². The lowest BCUT2D eigenvalue weighted by Gasteiger charge is -2.22. The number of rotatable bonds is 6. The van der Waals surface area contributed by atoms with Crippen molar-refractivity contribution in [3.8, 4) is 0 Å². The van der Waals surface area contributed by atoms with Crippen LogP contribution in [-0.2, 0) is 16.6 Å². The Labute approximate surface area is 129 Å². The average Bonchev–Trinajstić information content (AvgIpc) is 3.22. The van der Waals surface area contributed by atoms with Crippen molar-refractivity contribution in [3.05, 3.63) is 27.7 Å². The number of aryl methyl sites for hydroxylation is 1. The Hall–Kier alpha value is -0.430. The minimum absolute atomic E-state index is 0.161. The summed E-state index contributed by atoms with van der Waals surface area (Å²) >= 11 is 3.37. The highest BCUT2D eigenvalue weighted by atomic mass is 79.9. The van der Waals surface area contributed by atoms with Gasteiger partial charge in [-0.3, -0.25) is 0 Å². The van der Waals surface area contributed by atoms with Gasteiger partial charge in [-0.05, 0) is 58.8 Å². The van der Waals surface area contributed by atoms with Crippen LogP contribution in [0.2, 0.25) is 0 Å². The molecule has 1 aromatic carbocycles. The van der Waals surface area contributed by atoms with Gasteiger partial charge in [0.05, 0.1) is 11.5 Å². The summed E-state index contributed by atoms with van der Waals surface area (Å²) in [6.07, 6.45) is 2.23. The van der Waals surface area contributed by atoms with E-state index in [2.05, 4.69) is 15.9 Å². The molecule has 1 N–H and O–H groups in total. The minimum atomic E-state index is -3.52. The summed E-state index contributed by atoms with van der Waals surface area (Å²) in [6, 6.07) is 3.35. The van der Waals surface area contributed by atoms with E-state index in [0.29, 0.717) is 29.0 Å². The van der Waals surface area contributed by atoms with Crippen LogP contribution in [0.3, 0.4) is 0 Å². The van der Waals surface area contributed by atoms with Gasteiger partial charge in [-0.15, -0.1) is 0 Å². The maximum atomic E-state index is 12.8. The van der Waals surface area contributed by atoms with E-state index in [9.17, 15) is 13.5 Å². The zero-order valence-electron chi connectivity index (χ0n) is 11.8. The number of sulfonamides is 1. The van der Waals surface area contributed by atoms with Crippen LogP contribution in [0.5, 0.6) is 0 Å². The summed E-state index contributed by atoms with van der Waals surface area (Å²) in [5.74, 6) is 0.505. The third-order valence-corrected chi connectivity index (χ3v) is 6.87. The molecule has 0 amide bonds. The molecule has 0 bridgehead atoms. The number of nitrogens with zero attached hydrogens (tertiary/aromatic N) is 1. The van der Waals surface area contributed by atoms with Crippen LogP contribution in [0.4, 0.5) is 0 Å². The molecule has 0 radical (unpaired) electrons. The quantitative estimate of drug-likeness (QED) is 0.847. The molecule has 0 atom stereocenters. The third kappa shape index (κ3) is 3.24. The van der Waals surface area contributed by atoms with Crippen molar-refractivity contribution in [3.63, 3.8) is 0 Å². The lowest BCUT2D eigenvalue weighted by atomic mass is 10.1. The van der Waals surface area contributed by atoms with Crippen molar-refractivity contribution < 1.29 is 13.5 Å². The first kappa shape index (κ1) is 15.9. The van der Waals surface area contributed by atoms with Gasteiger partial charge in [-0.2, -0.15) is 4.31 Å².